The fourth-order valence-corrected chi connectivity index (χ4v) is 6.92. The minimum absolute atomic E-state index is 0.108. The lowest BCUT2D eigenvalue weighted by Gasteiger charge is -2.18. The molecule has 0 aromatic rings. The molecule has 67 heavy (non-hydrogen) atoms. The molecule has 0 radical (unpaired) electrons. The molecule has 0 aliphatic rings. The summed E-state index contributed by atoms with van der Waals surface area (Å²) >= 11 is 0. The Labute approximate surface area is 412 Å². The van der Waals surface area contributed by atoms with E-state index < -0.39 is 6.10 Å². The van der Waals surface area contributed by atoms with Crippen LogP contribution in [0.15, 0.2) is 122 Å². The SMILES string of the molecule is CC/C=C\C/C=C\C/C=C\C/C=C\CCCCCCC(=O)OC[C@H](COC(=O)CCCCCCC/C=C\C/C=C\C/C=C\CC)OC(=O)CCCCCC/C=C\C/C=C\C/C=C\CCCCC. The molecule has 0 aromatic heterocycles. The van der Waals surface area contributed by atoms with Crippen molar-refractivity contribution in [3.63, 3.8) is 0 Å². The topological polar surface area (TPSA) is 78.9 Å². The zero-order valence-electron chi connectivity index (χ0n) is 43.1. The lowest BCUT2D eigenvalue weighted by molar-refractivity contribution is -0.167. The van der Waals surface area contributed by atoms with Crippen molar-refractivity contribution in [1.82, 2.24) is 0 Å². The highest BCUT2D eigenvalue weighted by molar-refractivity contribution is 5.71. The zero-order chi connectivity index (χ0) is 48.6. The second kappa shape index (κ2) is 54.4. The maximum absolute atomic E-state index is 12.8. The summed E-state index contributed by atoms with van der Waals surface area (Å²) in [7, 11) is 0. The van der Waals surface area contributed by atoms with E-state index in [4.69, 9.17) is 14.2 Å². The Morgan fingerprint density at radius 1 is 0.313 bits per heavy atom. The lowest BCUT2D eigenvalue weighted by atomic mass is 10.1. The summed E-state index contributed by atoms with van der Waals surface area (Å²) in [5.41, 5.74) is 0. The molecular weight excluding hydrogens is 829 g/mol. The van der Waals surface area contributed by atoms with Gasteiger partial charge in [-0.2, -0.15) is 0 Å². The predicted molar refractivity (Wildman–Crippen MR) is 288 cm³/mol. The van der Waals surface area contributed by atoms with Gasteiger partial charge in [-0.15, -0.1) is 0 Å². The second-order valence-corrected chi connectivity index (χ2v) is 17.4. The molecule has 0 saturated carbocycles. The molecule has 0 N–H and O–H groups in total. The predicted octanol–water partition coefficient (Wildman–Crippen LogP) is 18.1. The van der Waals surface area contributed by atoms with Gasteiger partial charge in [-0.3, -0.25) is 14.4 Å². The molecule has 0 unspecified atom stereocenters. The molecule has 0 aromatic carbocycles. The molecule has 1 atom stereocenters. The van der Waals surface area contributed by atoms with Crippen molar-refractivity contribution >= 4 is 17.9 Å². The summed E-state index contributed by atoms with van der Waals surface area (Å²) in [4.78, 5) is 38.1. The quantitative estimate of drug-likeness (QED) is 0.0262. The van der Waals surface area contributed by atoms with Gasteiger partial charge in [0.25, 0.3) is 0 Å². The first-order valence-corrected chi connectivity index (χ1v) is 27.0. The highest BCUT2D eigenvalue weighted by Gasteiger charge is 2.19. The molecular formula is C61H98O6. The molecule has 0 rings (SSSR count). The largest absolute Gasteiger partial charge is 0.462 e. The monoisotopic (exact) mass is 927 g/mol. The summed E-state index contributed by atoms with van der Waals surface area (Å²) in [5.74, 6) is -0.974. The van der Waals surface area contributed by atoms with Crippen molar-refractivity contribution in [3.05, 3.63) is 122 Å². The van der Waals surface area contributed by atoms with E-state index >= 15 is 0 Å². The van der Waals surface area contributed by atoms with Gasteiger partial charge in [0.05, 0.1) is 0 Å². The molecule has 0 bridgehead atoms. The van der Waals surface area contributed by atoms with Gasteiger partial charge in [0.15, 0.2) is 6.10 Å². The van der Waals surface area contributed by atoms with Crippen LogP contribution in [0.3, 0.4) is 0 Å². The number of rotatable bonds is 47. The van der Waals surface area contributed by atoms with Gasteiger partial charge < -0.3 is 14.2 Å². The van der Waals surface area contributed by atoms with Crippen LogP contribution >= 0.6 is 0 Å². The van der Waals surface area contributed by atoms with Crippen LogP contribution in [-0.4, -0.2) is 37.2 Å². The Hall–Kier alpha value is -4.19. The number of carbonyl (C=O) groups is 3. The third kappa shape index (κ3) is 52.6. The van der Waals surface area contributed by atoms with E-state index in [2.05, 4.69) is 142 Å². The average molecular weight is 927 g/mol. The average Bonchev–Trinajstić information content (AvgIpc) is 3.33. The van der Waals surface area contributed by atoms with Crippen LogP contribution in [0.2, 0.25) is 0 Å². The molecule has 0 saturated heterocycles. The van der Waals surface area contributed by atoms with Gasteiger partial charge in [0, 0.05) is 19.3 Å². The molecule has 0 fully saturated rings. The van der Waals surface area contributed by atoms with Crippen LogP contribution in [0.5, 0.6) is 0 Å². The number of carbonyl (C=O) groups excluding carboxylic acids is 3. The molecule has 6 heteroatoms. The minimum Gasteiger partial charge on any atom is -0.462 e. The summed E-state index contributed by atoms with van der Waals surface area (Å²) < 4.78 is 16.8. The maximum atomic E-state index is 12.8. The highest BCUT2D eigenvalue weighted by atomic mass is 16.6. The van der Waals surface area contributed by atoms with Gasteiger partial charge in [0.2, 0.25) is 0 Å². The van der Waals surface area contributed by atoms with Crippen molar-refractivity contribution in [2.24, 2.45) is 0 Å². The van der Waals surface area contributed by atoms with Crippen molar-refractivity contribution in [1.29, 1.82) is 0 Å². The van der Waals surface area contributed by atoms with Crippen molar-refractivity contribution in [3.8, 4) is 0 Å². The van der Waals surface area contributed by atoms with Crippen molar-refractivity contribution < 1.29 is 28.6 Å². The third-order valence-corrected chi connectivity index (χ3v) is 10.9. The first-order chi connectivity index (χ1) is 33.0. The first kappa shape index (κ1) is 62.8. The number of unbranched alkanes of at least 4 members (excludes halogenated alkanes) is 16. The Balaban J connectivity index is 4.53. The van der Waals surface area contributed by atoms with Gasteiger partial charge >= 0.3 is 17.9 Å². The Kier molecular flexibility index (Phi) is 51.0. The van der Waals surface area contributed by atoms with E-state index in [0.29, 0.717) is 12.8 Å². The summed E-state index contributed by atoms with van der Waals surface area (Å²) in [6.07, 6.45) is 74.6. The van der Waals surface area contributed by atoms with Gasteiger partial charge in [-0.1, -0.05) is 200 Å². The van der Waals surface area contributed by atoms with Gasteiger partial charge in [0.1, 0.15) is 13.2 Å². The molecule has 0 aliphatic carbocycles. The van der Waals surface area contributed by atoms with Crippen LogP contribution in [-0.2, 0) is 28.6 Å². The zero-order valence-corrected chi connectivity index (χ0v) is 43.1. The summed E-state index contributed by atoms with van der Waals surface area (Å²) in [5, 5.41) is 0. The highest BCUT2D eigenvalue weighted by Crippen LogP contribution is 2.13. The standard InChI is InChI=1S/C61H98O6/c1-4-7-10-13-16-19-22-25-28-30-33-36-39-42-45-48-51-54-60(63)66-57-58(56-65-59(62)53-50-47-44-41-38-35-32-27-24-21-18-15-12-9-6-3)67-61(64)55-52-49-46-43-40-37-34-31-29-26-23-20-17-14-11-8-5-2/h7,9-10,12,16-21,25-29,32-34,36-37,58H,4-6,8,11,13-15,22-24,30-31,35,38-57H2,1-3H3/b10-7-,12-9-,19-16-,20-17-,21-18-,28-25-,29-26-,32-27-,36-33-,37-34-/t58-/m0/s1. The summed E-state index contributed by atoms with van der Waals surface area (Å²) in [6.45, 7) is 6.32. The van der Waals surface area contributed by atoms with Crippen LogP contribution in [0.25, 0.3) is 0 Å². The molecule has 0 spiro atoms. The van der Waals surface area contributed by atoms with Crippen LogP contribution in [0.1, 0.15) is 226 Å². The Morgan fingerprint density at radius 3 is 0.910 bits per heavy atom. The van der Waals surface area contributed by atoms with E-state index in [9.17, 15) is 14.4 Å². The van der Waals surface area contributed by atoms with Crippen LogP contribution in [0.4, 0.5) is 0 Å². The van der Waals surface area contributed by atoms with Gasteiger partial charge in [-0.25, -0.2) is 0 Å². The lowest BCUT2D eigenvalue weighted by Crippen LogP contribution is -2.30. The number of hydrogen-bond donors (Lipinski definition) is 0. The molecule has 6 nitrogen and oxygen atoms in total. The Morgan fingerprint density at radius 2 is 0.582 bits per heavy atom. The molecule has 378 valence electrons. The van der Waals surface area contributed by atoms with Crippen LogP contribution < -0.4 is 0 Å². The van der Waals surface area contributed by atoms with E-state index in [1.165, 1.54) is 25.7 Å². The Bertz CT molecular complexity index is 1440. The fraction of sp³-hybridized carbons (Fsp3) is 0.623. The number of allylic oxidation sites excluding steroid dienone is 20. The maximum Gasteiger partial charge on any atom is 0.306 e. The smallest absolute Gasteiger partial charge is 0.306 e. The third-order valence-electron chi connectivity index (χ3n) is 10.9. The number of ether oxygens (including phenoxy) is 3. The van der Waals surface area contributed by atoms with Crippen molar-refractivity contribution in [2.45, 2.75) is 232 Å². The minimum atomic E-state index is -0.811. The number of hydrogen-bond acceptors (Lipinski definition) is 6. The van der Waals surface area contributed by atoms with Gasteiger partial charge in [-0.05, 0) is 128 Å². The molecule has 0 aliphatic heterocycles. The van der Waals surface area contributed by atoms with E-state index in [1.54, 1.807) is 0 Å². The van der Waals surface area contributed by atoms with Crippen molar-refractivity contribution in [2.75, 3.05) is 13.2 Å². The molecule has 0 heterocycles. The van der Waals surface area contributed by atoms with Crippen LogP contribution in [0, 0.1) is 0 Å². The normalized spacial score (nSPS) is 13.1. The number of esters is 3. The molecule has 0 amide bonds. The van der Waals surface area contributed by atoms with E-state index in [0.717, 1.165) is 161 Å². The first-order valence-electron chi connectivity index (χ1n) is 27.0. The second-order valence-electron chi connectivity index (χ2n) is 17.4. The van der Waals surface area contributed by atoms with E-state index in [-0.39, 0.29) is 37.5 Å². The van der Waals surface area contributed by atoms with E-state index in [1.807, 2.05) is 0 Å². The fourth-order valence-electron chi connectivity index (χ4n) is 6.92. The summed E-state index contributed by atoms with van der Waals surface area (Å²) in [6, 6.07) is 0.